The molecule has 0 heterocycles. The average Bonchev–Trinajstić information content (AvgIpc) is 3.08. The van der Waals surface area contributed by atoms with Crippen LogP contribution in [0.1, 0.15) is 51.9 Å². The highest BCUT2D eigenvalue weighted by atomic mass is 16.5. The van der Waals surface area contributed by atoms with Crippen LogP contribution in [0.4, 0.5) is 0 Å². The summed E-state index contributed by atoms with van der Waals surface area (Å²) in [5.41, 5.74) is -0.451. The van der Waals surface area contributed by atoms with Crippen molar-refractivity contribution in [3.8, 4) is 0 Å². The van der Waals surface area contributed by atoms with Crippen LogP contribution in [0.5, 0.6) is 0 Å². The zero-order chi connectivity index (χ0) is 13.9. The molecule has 110 valence electrons. The number of ether oxygens (including phenoxy) is 1. The number of rotatable bonds is 5. The molecule has 2 aliphatic rings. The maximum atomic E-state index is 12.2. The molecule has 2 unspecified atom stereocenters. The van der Waals surface area contributed by atoms with Gasteiger partial charge in [-0.1, -0.05) is 12.8 Å². The molecule has 0 saturated heterocycles. The van der Waals surface area contributed by atoms with E-state index in [1.807, 2.05) is 14.0 Å². The van der Waals surface area contributed by atoms with Crippen LogP contribution >= 0.6 is 0 Å². The standard InChI is InChI=1S/C15H28N2O2/c1-4-19-14(18)15(16-2)10-9-13(11-15)17(3)12-7-5-6-8-12/h12-13,16H,4-11H2,1-3H3. The minimum absolute atomic E-state index is 0.0696. The third-order valence-electron chi connectivity index (χ3n) is 5.11. The second kappa shape index (κ2) is 6.23. The van der Waals surface area contributed by atoms with Gasteiger partial charge in [0.15, 0.2) is 0 Å². The molecule has 0 amide bonds. The smallest absolute Gasteiger partial charge is 0.326 e. The van der Waals surface area contributed by atoms with Crippen LogP contribution < -0.4 is 5.32 Å². The predicted octanol–water partition coefficient (Wildman–Crippen LogP) is 1.93. The summed E-state index contributed by atoms with van der Waals surface area (Å²) in [6.45, 7) is 2.34. The highest BCUT2D eigenvalue weighted by Gasteiger charge is 2.47. The minimum atomic E-state index is -0.451. The van der Waals surface area contributed by atoms with Gasteiger partial charge in [0.05, 0.1) is 6.61 Å². The monoisotopic (exact) mass is 268 g/mol. The number of esters is 1. The molecule has 2 atom stereocenters. The van der Waals surface area contributed by atoms with Crippen LogP contribution in [0.25, 0.3) is 0 Å². The Bertz CT molecular complexity index is 315. The van der Waals surface area contributed by atoms with Crippen LogP contribution in [0.15, 0.2) is 0 Å². The summed E-state index contributed by atoms with van der Waals surface area (Å²) >= 11 is 0. The van der Waals surface area contributed by atoms with E-state index >= 15 is 0 Å². The predicted molar refractivity (Wildman–Crippen MR) is 76.1 cm³/mol. The maximum Gasteiger partial charge on any atom is 0.326 e. The summed E-state index contributed by atoms with van der Waals surface area (Å²) in [6, 6.07) is 1.24. The number of carbonyl (C=O) groups is 1. The number of hydrogen-bond acceptors (Lipinski definition) is 4. The molecule has 0 radical (unpaired) electrons. The lowest BCUT2D eigenvalue weighted by molar-refractivity contribution is -0.151. The molecule has 0 spiro atoms. The second-order valence-electron chi connectivity index (χ2n) is 6.05. The first-order valence-electron chi connectivity index (χ1n) is 7.71. The number of carbonyl (C=O) groups excluding carboxylic acids is 1. The van der Waals surface area contributed by atoms with Gasteiger partial charge in [0.25, 0.3) is 0 Å². The molecule has 0 aromatic carbocycles. The highest BCUT2D eigenvalue weighted by molar-refractivity contribution is 5.81. The van der Waals surface area contributed by atoms with Gasteiger partial charge in [0.1, 0.15) is 5.54 Å². The number of nitrogens with zero attached hydrogens (tertiary/aromatic N) is 1. The van der Waals surface area contributed by atoms with Crippen molar-refractivity contribution in [2.24, 2.45) is 0 Å². The number of likely N-dealkylation sites (N-methyl/N-ethyl adjacent to an activating group) is 1. The Labute approximate surface area is 116 Å². The molecule has 0 aromatic rings. The van der Waals surface area contributed by atoms with E-state index in [1.165, 1.54) is 25.7 Å². The molecule has 2 aliphatic carbocycles. The summed E-state index contributed by atoms with van der Waals surface area (Å²) in [7, 11) is 4.12. The Balaban J connectivity index is 1.98. The van der Waals surface area contributed by atoms with Gasteiger partial charge >= 0.3 is 5.97 Å². The quantitative estimate of drug-likeness (QED) is 0.774. The van der Waals surface area contributed by atoms with Crippen molar-refractivity contribution >= 4 is 5.97 Å². The van der Waals surface area contributed by atoms with Gasteiger partial charge in [0.2, 0.25) is 0 Å². The van der Waals surface area contributed by atoms with Crippen molar-refractivity contribution in [1.29, 1.82) is 0 Å². The first-order chi connectivity index (χ1) is 9.13. The molecular weight excluding hydrogens is 240 g/mol. The van der Waals surface area contributed by atoms with Gasteiger partial charge in [-0.05, 0) is 53.1 Å². The van der Waals surface area contributed by atoms with Gasteiger partial charge in [-0.25, -0.2) is 0 Å². The number of nitrogens with one attached hydrogen (secondary N) is 1. The largest absolute Gasteiger partial charge is 0.465 e. The van der Waals surface area contributed by atoms with Crippen molar-refractivity contribution in [3.05, 3.63) is 0 Å². The average molecular weight is 268 g/mol. The fraction of sp³-hybridized carbons (Fsp3) is 0.933. The summed E-state index contributed by atoms with van der Waals surface area (Å²) < 4.78 is 5.25. The van der Waals surface area contributed by atoms with E-state index in [0.717, 1.165) is 25.3 Å². The van der Waals surface area contributed by atoms with Crippen molar-refractivity contribution in [2.45, 2.75) is 69.5 Å². The first kappa shape index (κ1) is 14.8. The number of hydrogen-bond donors (Lipinski definition) is 1. The topological polar surface area (TPSA) is 41.6 Å². The summed E-state index contributed by atoms with van der Waals surface area (Å²) in [5, 5.41) is 3.24. The van der Waals surface area contributed by atoms with Crippen LogP contribution in [-0.4, -0.2) is 49.2 Å². The molecule has 0 aromatic heterocycles. The Morgan fingerprint density at radius 3 is 2.58 bits per heavy atom. The van der Waals surface area contributed by atoms with E-state index in [9.17, 15) is 4.79 Å². The van der Waals surface area contributed by atoms with E-state index < -0.39 is 5.54 Å². The van der Waals surface area contributed by atoms with Crippen LogP contribution in [0, 0.1) is 0 Å². The van der Waals surface area contributed by atoms with Gasteiger partial charge in [0, 0.05) is 12.1 Å². The lowest BCUT2D eigenvalue weighted by Gasteiger charge is -2.32. The van der Waals surface area contributed by atoms with Gasteiger partial charge in [-0.3, -0.25) is 4.79 Å². The second-order valence-corrected chi connectivity index (χ2v) is 6.05. The fourth-order valence-electron chi connectivity index (χ4n) is 3.76. The summed E-state index contributed by atoms with van der Waals surface area (Å²) in [4.78, 5) is 14.7. The molecule has 4 nitrogen and oxygen atoms in total. The van der Waals surface area contributed by atoms with Crippen molar-refractivity contribution in [2.75, 3.05) is 20.7 Å². The van der Waals surface area contributed by atoms with E-state index in [-0.39, 0.29) is 5.97 Å². The lowest BCUT2D eigenvalue weighted by atomic mass is 9.97. The van der Waals surface area contributed by atoms with Crippen LogP contribution in [-0.2, 0) is 9.53 Å². The molecule has 19 heavy (non-hydrogen) atoms. The van der Waals surface area contributed by atoms with Crippen molar-refractivity contribution < 1.29 is 9.53 Å². The normalized spacial score (nSPS) is 32.1. The Morgan fingerprint density at radius 2 is 2.00 bits per heavy atom. The molecule has 2 fully saturated rings. The molecule has 1 N–H and O–H groups in total. The zero-order valence-electron chi connectivity index (χ0n) is 12.6. The van der Waals surface area contributed by atoms with Crippen LogP contribution in [0.2, 0.25) is 0 Å². The highest BCUT2D eigenvalue weighted by Crippen LogP contribution is 2.36. The van der Waals surface area contributed by atoms with Crippen molar-refractivity contribution in [1.82, 2.24) is 10.2 Å². The molecule has 2 rings (SSSR count). The Morgan fingerprint density at radius 1 is 1.32 bits per heavy atom. The molecule has 2 saturated carbocycles. The van der Waals surface area contributed by atoms with Gasteiger partial charge < -0.3 is 15.0 Å². The Hall–Kier alpha value is -0.610. The third kappa shape index (κ3) is 2.95. The molecule has 4 heteroatoms. The first-order valence-corrected chi connectivity index (χ1v) is 7.71. The SMILES string of the molecule is CCOC(=O)C1(NC)CCC(N(C)C2CCCC2)C1. The Kier molecular flexibility index (Phi) is 4.85. The van der Waals surface area contributed by atoms with Crippen LogP contribution in [0.3, 0.4) is 0 Å². The van der Waals surface area contributed by atoms with E-state index in [1.54, 1.807) is 0 Å². The van der Waals surface area contributed by atoms with E-state index in [4.69, 9.17) is 4.74 Å². The van der Waals surface area contributed by atoms with Crippen molar-refractivity contribution in [3.63, 3.8) is 0 Å². The minimum Gasteiger partial charge on any atom is -0.465 e. The fourth-order valence-corrected chi connectivity index (χ4v) is 3.76. The molecule has 0 bridgehead atoms. The summed E-state index contributed by atoms with van der Waals surface area (Å²) in [6.07, 6.45) is 8.22. The molecular formula is C15H28N2O2. The van der Waals surface area contributed by atoms with E-state index in [2.05, 4.69) is 17.3 Å². The third-order valence-corrected chi connectivity index (χ3v) is 5.11. The van der Waals surface area contributed by atoms with E-state index in [0.29, 0.717) is 12.6 Å². The molecule has 0 aliphatic heterocycles. The van der Waals surface area contributed by atoms with Gasteiger partial charge in [-0.15, -0.1) is 0 Å². The lowest BCUT2D eigenvalue weighted by Crippen LogP contribution is -2.51. The van der Waals surface area contributed by atoms with Gasteiger partial charge in [-0.2, -0.15) is 0 Å². The zero-order valence-corrected chi connectivity index (χ0v) is 12.6. The maximum absolute atomic E-state index is 12.2. The summed E-state index contributed by atoms with van der Waals surface area (Å²) in [5.74, 6) is -0.0696.